The molecule has 0 aliphatic carbocycles. The van der Waals surface area contributed by atoms with Crippen LogP contribution < -0.4 is 11.3 Å². The molecule has 0 aromatic carbocycles. The average Bonchev–Trinajstić information content (AvgIpc) is 1.95. The van der Waals surface area contributed by atoms with Crippen molar-refractivity contribution >= 4 is 0 Å². The van der Waals surface area contributed by atoms with Crippen molar-refractivity contribution < 1.29 is 0 Å². The number of hydrazine groups is 1. The first-order valence-corrected chi connectivity index (χ1v) is 3.18. The Balaban J connectivity index is 2.69. The van der Waals surface area contributed by atoms with Gasteiger partial charge in [-0.25, -0.2) is 0 Å². The van der Waals surface area contributed by atoms with E-state index in [1.165, 1.54) is 5.56 Å². The smallest absolute Gasteiger partial charge is 0.0555 e. The van der Waals surface area contributed by atoms with Gasteiger partial charge in [0.1, 0.15) is 0 Å². The molecule has 10 heavy (non-hydrogen) atoms. The molecular weight excluding hydrogens is 126 g/mol. The van der Waals surface area contributed by atoms with Crippen LogP contribution in [-0.2, 0) is 6.54 Å². The molecule has 0 bridgehead atoms. The van der Waals surface area contributed by atoms with Crippen LogP contribution in [-0.4, -0.2) is 4.98 Å². The first kappa shape index (κ1) is 7.18. The Kier molecular flexibility index (Phi) is 2.36. The number of aromatic nitrogens is 1. The molecule has 1 aromatic heterocycles. The second-order valence-corrected chi connectivity index (χ2v) is 2.21. The lowest BCUT2D eigenvalue weighted by atomic mass is 10.3. The van der Waals surface area contributed by atoms with E-state index in [1.54, 1.807) is 0 Å². The fourth-order valence-corrected chi connectivity index (χ4v) is 0.708. The van der Waals surface area contributed by atoms with E-state index >= 15 is 0 Å². The standard InChI is InChI=1S/C7H11N3/c1-6-2-3-7(5-10-8)9-4-6/h2-4,10H,5,8H2,1H3. The molecule has 0 atom stereocenters. The second kappa shape index (κ2) is 3.29. The molecule has 0 radical (unpaired) electrons. The second-order valence-electron chi connectivity index (χ2n) is 2.21. The molecule has 1 aromatic rings. The van der Waals surface area contributed by atoms with Crippen LogP contribution >= 0.6 is 0 Å². The lowest BCUT2D eigenvalue weighted by Gasteiger charge is -1.97. The number of hydrogen-bond acceptors (Lipinski definition) is 3. The van der Waals surface area contributed by atoms with Crippen molar-refractivity contribution in [1.29, 1.82) is 0 Å². The minimum Gasteiger partial charge on any atom is -0.271 e. The van der Waals surface area contributed by atoms with E-state index in [0.717, 1.165) is 5.69 Å². The van der Waals surface area contributed by atoms with Gasteiger partial charge >= 0.3 is 0 Å². The van der Waals surface area contributed by atoms with Crippen molar-refractivity contribution in [3.63, 3.8) is 0 Å². The minimum absolute atomic E-state index is 0.625. The highest BCUT2D eigenvalue weighted by atomic mass is 15.2. The Hall–Kier alpha value is -0.930. The molecular formula is C7H11N3. The molecule has 1 rings (SSSR count). The molecule has 0 amide bonds. The third-order valence-electron chi connectivity index (χ3n) is 1.26. The van der Waals surface area contributed by atoms with Crippen LogP contribution in [0.2, 0.25) is 0 Å². The molecule has 0 aliphatic rings. The Morgan fingerprint density at radius 2 is 2.40 bits per heavy atom. The first-order chi connectivity index (χ1) is 4.83. The van der Waals surface area contributed by atoms with E-state index in [2.05, 4.69) is 10.4 Å². The maximum Gasteiger partial charge on any atom is 0.0555 e. The Morgan fingerprint density at radius 1 is 1.60 bits per heavy atom. The molecule has 3 nitrogen and oxygen atoms in total. The van der Waals surface area contributed by atoms with Gasteiger partial charge in [-0.05, 0) is 18.6 Å². The van der Waals surface area contributed by atoms with Gasteiger partial charge in [0.15, 0.2) is 0 Å². The van der Waals surface area contributed by atoms with Gasteiger partial charge in [0.25, 0.3) is 0 Å². The number of hydrogen-bond donors (Lipinski definition) is 2. The van der Waals surface area contributed by atoms with Crippen LogP contribution in [0.25, 0.3) is 0 Å². The number of nitrogens with two attached hydrogens (primary N) is 1. The fraction of sp³-hybridized carbons (Fsp3) is 0.286. The van der Waals surface area contributed by atoms with Gasteiger partial charge in [-0.15, -0.1) is 0 Å². The highest BCUT2D eigenvalue weighted by Gasteiger charge is 1.89. The number of rotatable bonds is 2. The summed E-state index contributed by atoms with van der Waals surface area (Å²) in [5.74, 6) is 5.11. The lowest BCUT2D eigenvalue weighted by Crippen LogP contribution is -2.21. The number of nitrogens with one attached hydrogen (secondary N) is 1. The van der Waals surface area contributed by atoms with Crippen molar-refractivity contribution in [3.05, 3.63) is 29.6 Å². The lowest BCUT2D eigenvalue weighted by molar-refractivity contribution is 0.722. The molecule has 3 heteroatoms. The zero-order valence-corrected chi connectivity index (χ0v) is 5.96. The predicted octanol–water partition coefficient (Wildman–Crippen LogP) is 0.353. The third-order valence-corrected chi connectivity index (χ3v) is 1.26. The van der Waals surface area contributed by atoms with Gasteiger partial charge in [0.2, 0.25) is 0 Å². The van der Waals surface area contributed by atoms with Gasteiger partial charge in [-0.1, -0.05) is 6.07 Å². The molecule has 3 N–H and O–H groups in total. The fourth-order valence-electron chi connectivity index (χ4n) is 0.708. The number of nitrogens with zero attached hydrogens (tertiary/aromatic N) is 1. The van der Waals surface area contributed by atoms with E-state index in [0.29, 0.717) is 6.54 Å². The third kappa shape index (κ3) is 1.79. The van der Waals surface area contributed by atoms with E-state index in [1.807, 2.05) is 25.3 Å². The molecule has 0 spiro atoms. The molecule has 0 saturated carbocycles. The Bertz CT molecular complexity index is 193. The van der Waals surface area contributed by atoms with E-state index in [4.69, 9.17) is 5.84 Å². The summed E-state index contributed by atoms with van der Waals surface area (Å²) in [4.78, 5) is 4.13. The normalized spacial score (nSPS) is 9.80. The summed E-state index contributed by atoms with van der Waals surface area (Å²) in [6.45, 7) is 2.63. The van der Waals surface area contributed by atoms with E-state index < -0.39 is 0 Å². The van der Waals surface area contributed by atoms with Gasteiger partial charge in [0, 0.05) is 6.20 Å². The Morgan fingerprint density at radius 3 is 2.90 bits per heavy atom. The van der Waals surface area contributed by atoms with E-state index in [-0.39, 0.29) is 0 Å². The van der Waals surface area contributed by atoms with Crippen molar-refractivity contribution in [2.24, 2.45) is 5.84 Å². The van der Waals surface area contributed by atoms with Gasteiger partial charge < -0.3 is 0 Å². The summed E-state index contributed by atoms with van der Waals surface area (Å²) in [5.41, 5.74) is 4.67. The summed E-state index contributed by atoms with van der Waals surface area (Å²) in [5, 5.41) is 0. The van der Waals surface area contributed by atoms with Crippen molar-refractivity contribution in [2.75, 3.05) is 0 Å². The van der Waals surface area contributed by atoms with Crippen molar-refractivity contribution in [2.45, 2.75) is 13.5 Å². The monoisotopic (exact) mass is 137 g/mol. The molecule has 54 valence electrons. The molecule has 1 heterocycles. The summed E-state index contributed by atoms with van der Waals surface area (Å²) in [7, 11) is 0. The van der Waals surface area contributed by atoms with Crippen molar-refractivity contribution in [1.82, 2.24) is 10.4 Å². The van der Waals surface area contributed by atoms with Gasteiger partial charge in [-0.2, -0.15) is 0 Å². The molecule has 0 saturated heterocycles. The van der Waals surface area contributed by atoms with Crippen LogP contribution in [0.1, 0.15) is 11.3 Å². The number of aryl methyl sites for hydroxylation is 1. The van der Waals surface area contributed by atoms with Crippen LogP contribution in [0.3, 0.4) is 0 Å². The summed E-state index contributed by atoms with van der Waals surface area (Å²) in [6.07, 6.45) is 1.83. The maximum atomic E-state index is 5.11. The van der Waals surface area contributed by atoms with Crippen LogP contribution in [0.4, 0.5) is 0 Å². The van der Waals surface area contributed by atoms with Crippen molar-refractivity contribution in [3.8, 4) is 0 Å². The van der Waals surface area contributed by atoms with Crippen LogP contribution in [0.5, 0.6) is 0 Å². The van der Waals surface area contributed by atoms with Gasteiger partial charge in [0.05, 0.1) is 12.2 Å². The van der Waals surface area contributed by atoms with Gasteiger partial charge in [-0.3, -0.25) is 16.3 Å². The van der Waals surface area contributed by atoms with E-state index in [9.17, 15) is 0 Å². The molecule has 0 unspecified atom stereocenters. The predicted molar refractivity (Wildman–Crippen MR) is 40.0 cm³/mol. The maximum absolute atomic E-state index is 5.11. The summed E-state index contributed by atoms with van der Waals surface area (Å²) in [6, 6.07) is 3.97. The largest absolute Gasteiger partial charge is 0.271 e. The Labute approximate surface area is 60.2 Å². The zero-order valence-electron chi connectivity index (χ0n) is 5.96. The SMILES string of the molecule is Cc1ccc(CNN)nc1. The number of pyridine rings is 1. The highest BCUT2D eigenvalue weighted by molar-refractivity contribution is 5.11. The minimum atomic E-state index is 0.625. The average molecular weight is 137 g/mol. The quantitative estimate of drug-likeness (QED) is 0.457. The van der Waals surface area contributed by atoms with Crippen LogP contribution in [0, 0.1) is 6.92 Å². The van der Waals surface area contributed by atoms with Crippen LogP contribution in [0.15, 0.2) is 18.3 Å². The highest BCUT2D eigenvalue weighted by Crippen LogP contribution is 1.96. The zero-order chi connectivity index (χ0) is 7.40. The summed E-state index contributed by atoms with van der Waals surface area (Å²) < 4.78 is 0. The molecule has 0 fully saturated rings. The topological polar surface area (TPSA) is 50.9 Å². The first-order valence-electron chi connectivity index (χ1n) is 3.18. The summed E-state index contributed by atoms with van der Waals surface area (Å²) >= 11 is 0. The molecule has 0 aliphatic heterocycles.